The smallest absolute Gasteiger partial charge is 0.160 e. The fourth-order valence-electron chi connectivity index (χ4n) is 1.79. The molecule has 2 rings (SSSR count). The van der Waals surface area contributed by atoms with Crippen LogP contribution in [0, 0.1) is 6.92 Å². The van der Waals surface area contributed by atoms with Crippen LogP contribution in [-0.2, 0) is 7.05 Å². The van der Waals surface area contributed by atoms with Crippen LogP contribution in [0.15, 0.2) is 6.07 Å². The highest BCUT2D eigenvalue weighted by Gasteiger charge is 2.12. The van der Waals surface area contributed by atoms with Crippen LogP contribution in [0.2, 0.25) is 0 Å². The molecule has 0 atom stereocenters. The van der Waals surface area contributed by atoms with Crippen LogP contribution in [-0.4, -0.2) is 35.1 Å². The summed E-state index contributed by atoms with van der Waals surface area (Å²) in [6.07, 6.45) is 0.828. The van der Waals surface area contributed by atoms with Gasteiger partial charge in [0.2, 0.25) is 0 Å². The van der Waals surface area contributed by atoms with Gasteiger partial charge in [0.15, 0.2) is 11.9 Å². The molecule has 16 heavy (non-hydrogen) atoms. The molecule has 0 spiro atoms. The highest BCUT2D eigenvalue weighted by Crippen LogP contribution is 2.22. The molecule has 0 aliphatic rings. The number of carbonyl (C=O) groups is 1. The van der Waals surface area contributed by atoms with Gasteiger partial charge in [0, 0.05) is 26.5 Å². The van der Waals surface area contributed by atoms with Crippen LogP contribution < -0.4 is 4.90 Å². The summed E-state index contributed by atoms with van der Waals surface area (Å²) in [7, 11) is 5.58. The van der Waals surface area contributed by atoms with E-state index in [1.807, 2.05) is 39.0 Å². The molecule has 0 aliphatic carbocycles. The lowest BCUT2D eigenvalue weighted by Crippen LogP contribution is -2.13. The van der Waals surface area contributed by atoms with Crippen LogP contribution >= 0.6 is 0 Å². The molecule has 0 amide bonds. The first-order valence-corrected chi connectivity index (χ1v) is 5.01. The predicted molar refractivity (Wildman–Crippen MR) is 63.0 cm³/mol. The van der Waals surface area contributed by atoms with Crippen molar-refractivity contribution in [1.82, 2.24) is 14.8 Å². The highest BCUT2D eigenvalue weighted by molar-refractivity contribution is 5.91. The van der Waals surface area contributed by atoms with Gasteiger partial charge in [-0.3, -0.25) is 9.48 Å². The van der Waals surface area contributed by atoms with E-state index in [4.69, 9.17) is 0 Å². The molecule has 0 aliphatic heterocycles. The second-order valence-electron chi connectivity index (χ2n) is 3.99. The average molecular weight is 218 g/mol. The van der Waals surface area contributed by atoms with Crippen molar-refractivity contribution in [1.29, 1.82) is 0 Å². The molecule has 0 unspecified atom stereocenters. The maximum Gasteiger partial charge on any atom is 0.160 e. The first-order chi connectivity index (χ1) is 7.54. The quantitative estimate of drug-likeness (QED) is 0.710. The molecule has 0 radical (unpaired) electrons. The van der Waals surface area contributed by atoms with Gasteiger partial charge in [0.1, 0.15) is 5.82 Å². The van der Waals surface area contributed by atoms with Crippen molar-refractivity contribution in [3.63, 3.8) is 0 Å². The molecular weight excluding hydrogens is 204 g/mol. The normalized spacial score (nSPS) is 10.8. The van der Waals surface area contributed by atoms with E-state index in [9.17, 15) is 4.79 Å². The summed E-state index contributed by atoms with van der Waals surface area (Å²) in [5, 5.41) is 5.21. The molecule has 2 aromatic heterocycles. The minimum Gasteiger partial charge on any atom is -0.362 e. The Labute approximate surface area is 93.7 Å². The minimum absolute atomic E-state index is 0.591. The van der Waals surface area contributed by atoms with Crippen LogP contribution in [0.5, 0.6) is 0 Å². The van der Waals surface area contributed by atoms with E-state index in [1.165, 1.54) is 0 Å². The lowest BCUT2D eigenvalue weighted by atomic mass is 10.2. The first-order valence-electron chi connectivity index (χ1n) is 5.01. The van der Waals surface area contributed by atoms with Crippen LogP contribution in [0.4, 0.5) is 5.82 Å². The number of pyridine rings is 1. The van der Waals surface area contributed by atoms with Gasteiger partial charge in [-0.05, 0) is 13.0 Å². The van der Waals surface area contributed by atoms with Crippen molar-refractivity contribution in [2.75, 3.05) is 19.0 Å². The van der Waals surface area contributed by atoms with Gasteiger partial charge in [0.25, 0.3) is 0 Å². The van der Waals surface area contributed by atoms with Crippen molar-refractivity contribution < 1.29 is 4.79 Å². The van der Waals surface area contributed by atoms with Crippen molar-refractivity contribution in [2.45, 2.75) is 6.92 Å². The molecule has 0 bridgehead atoms. The van der Waals surface area contributed by atoms with Crippen LogP contribution in [0.25, 0.3) is 11.0 Å². The average Bonchev–Trinajstić information content (AvgIpc) is 2.52. The van der Waals surface area contributed by atoms with Gasteiger partial charge < -0.3 is 4.90 Å². The Hall–Kier alpha value is -1.91. The number of aldehydes is 1. The fraction of sp³-hybridized carbons (Fsp3) is 0.364. The van der Waals surface area contributed by atoms with E-state index in [0.717, 1.165) is 23.0 Å². The zero-order chi connectivity index (χ0) is 11.9. The third kappa shape index (κ3) is 1.44. The summed E-state index contributed by atoms with van der Waals surface area (Å²) < 4.78 is 1.73. The molecular formula is C11H14N4O. The monoisotopic (exact) mass is 218 g/mol. The molecule has 0 saturated carbocycles. The van der Waals surface area contributed by atoms with E-state index in [0.29, 0.717) is 11.4 Å². The maximum absolute atomic E-state index is 11.0. The Morgan fingerprint density at radius 3 is 2.69 bits per heavy atom. The number of fused-ring (bicyclic) bond motifs is 1. The number of aromatic nitrogens is 3. The summed E-state index contributed by atoms with van der Waals surface area (Å²) >= 11 is 0. The van der Waals surface area contributed by atoms with Gasteiger partial charge in [-0.2, -0.15) is 5.10 Å². The number of aryl methyl sites for hydroxylation is 2. The van der Waals surface area contributed by atoms with Crippen molar-refractivity contribution in [2.24, 2.45) is 7.05 Å². The molecule has 2 aromatic rings. The van der Waals surface area contributed by atoms with Gasteiger partial charge >= 0.3 is 0 Å². The maximum atomic E-state index is 11.0. The SMILES string of the molecule is Cc1nn(C)c2nc(N(C)C)c(C=O)cc12. The minimum atomic E-state index is 0.591. The highest BCUT2D eigenvalue weighted by atomic mass is 16.1. The summed E-state index contributed by atoms with van der Waals surface area (Å²) in [6, 6.07) is 1.84. The van der Waals surface area contributed by atoms with E-state index >= 15 is 0 Å². The molecule has 0 saturated heterocycles. The van der Waals surface area contributed by atoms with Gasteiger partial charge in [-0.25, -0.2) is 4.98 Å². The molecule has 2 heterocycles. The third-order valence-corrected chi connectivity index (χ3v) is 2.56. The van der Waals surface area contributed by atoms with E-state index in [2.05, 4.69) is 10.1 Å². The lowest BCUT2D eigenvalue weighted by Gasteiger charge is -2.13. The molecule has 0 N–H and O–H groups in total. The Morgan fingerprint density at radius 1 is 1.44 bits per heavy atom. The van der Waals surface area contributed by atoms with E-state index < -0.39 is 0 Å². The summed E-state index contributed by atoms with van der Waals surface area (Å²) in [6.45, 7) is 1.91. The molecule has 5 heteroatoms. The number of hydrogen-bond donors (Lipinski definition) is 0. The zero-order valence-corrected chi connectivity index (χ0v) is 9.85. The number of hydrogen-bond acceptors (Lipinski definition) is 4. The number of nitrogens with zero attached hydrogens (tertiary/aromatic N) is 4. The lowest BCUT2D eigenvalue weighted by molar-refractivity contribution is 0.112. The Balaban J connectivity index is 2.82. The molecule has 0 fully saturated rings. The Bertz CT molecular complexity index is 557. The first kappa shape index (κ1) is 10.6. The van der Waals surface area contributed by atoms with Crippen molar-refractivity contribution >= 4 is 23.1 Å². The number of rotatable bonds is 2. The second kappa shape index (κ2) is 3.59. The molecule has 5 nitrogen and oxygen atoms in total. The number of anilines is 1. The molecule has 84 valence electrons. The molecule has 0 aromatic carbocycles. The summed E-state index contributed by atoms with van der Waals surface area (Å²) in [4.78, 5) is 17.3. The van der Waals surface area contributed by atoms with Crippen molar-refractivity contribution in [3.8, 4) is 0 Å². The number of carbonyl (C=O) groups excluding carboxylic acids is 1. The topological polar surface area (TPSA) is 51.0 Å². The summed E-state index contributed by atoms with van der Waals surface area (Å²) in [5.74, 6) is 0.672. The zero-order valence-electron chi connectivity index (χ0n) is 9.85. The van der Waals surface area contributed by atoms with Crippen LogP contribution in [0.1, 0.15) is 16.1 Å². The van der Waals surface area contributed by atoms with Gasteiger partial charge in [-0.15, -0.1) is 0 Å². The van der Waals surface area contributed by atoms with Crippen molar-refractivity contribution in [3.05, 3.63) is 17.3 Å². The third-order valence-electron chi connectivity index (χ3n) is 2.56. The van der Waals surface area contributed by atoms with Gasteiger partial charge in [0.05, 0.1) is 11.3 Å². The second-order valence-corrected chi connectivity index (χ2v) is 3.99. The predicted octanol–water partition coefficient (Wildman–Crippen LogP) is 1.16. The summed E-state index contributed by atoms with van der Waals surface area (Å²) in [5.41, 5.74) is 2.28. The largest absolute Gasteiger partial charge is 0.362 e. The Morgan fingerprint density at radius 2 is 2.12 bits per heavy atom. The van der Waals surface area contributed by atoms with E-state index in [-0.39, 0.29) is 0 Å². The van der Waals surface area contributed by atoms with E-state index in [1.54, 1.807) is 4.68 Å². The Kier molecular flexibility index (Phi) is 2.38. The van der Waals surface area contributed by atoms with Gasteiger partial charge in [-0.1, -0.05) is 0 Å². The fourth-order valence-corrected chi connectivity index (χ4v) is 1.79. The van der Waals surface area contributed by atoms with Crippen LogP contribution in [0.3, 0.4) is 0 Å². The standard InChI is InChI=1S/C11H14N4O/c1-7-9-5-8(6-16)10(14(2)3)12-11(9)15(4)13-7/h5-6H,1-4H3.